The van der Waals surface area contributed by atoms with Gasteiger partial charge in [0.05, 0.1) is 36.4 Å². The Kier molecular flexibility index (Phi) is 23.2. The summed E-state index contributed by atoms with van der Waals surface area (Å²) in [6.45, 7) is 10.6. The molecule has 0 saturated carbocycles. The maximum absolute atomic E-state index is 12.8. The first-order valence-corrected chi connectivity index (χ1v) is 15.7. The van der Waals surface area contributed by atoms with Crippen LogP contribution in [-0.2, 0) is 0 Å². The smallest absolute Gasteiger partial charge is 0.844 e. The Balaban J connectivity index is 0.00000265. The number of azo groups is 2. The number of carbonyl (C=O) groups is 2. The molecule has 0 aliphatic rings. The molecule has 7 rings (SSSR count). The summed E-state index contributed by atoms with van der Waals surface area (Å²) in [4.78, 5) is 38.1. The van der Waals surface area contributed by atoms with Crippen molar-refractivity contribution in [2.45, 2.75) is 13.8 Å². The minimum Gasteiger partial charge on any atom is -0.844 e. The van der Waals surface area contributed by atoms with Gasteiger partial charge in [-0.1, -0.05) is 0 Å². The monoisotopic (exact) mass is 955 g/mol. The molecule has 0 fully saturated rings. The molecule has 5 heterocycles. The van der Waals surface area contributed by atoms with E-state index in [4.69, 9.17) is 18.0 Å². The summed E-state index contributed by atoms with van der Waals surface area (Å²) in [6.07, 6.45) is 2.42. The molecule has 0 unspecified atom stereocenters. The molecule has 0 aliphatic carbocycles. The summed E-state index contributed by atoms with van der Waals surface area (Å²) in [6, 6.07) is 14.0. The molecule has 5 aromatic heterocycles. The largest absolute Gasteiger partial charge is 1.00 e. The van der Waals surface area contributed by atoms with Crippen molar-refractivity contribution in [2.24, 2.45) is 20.5 Å². The third kappa shape index (κ3) is 12.3. The first-order chi connectivity index (χ1) is 27.4. The van der Waals surface area contributed by atoms with Crippen molar-refractivity contribution in [1.29, 1.82) is 5.26 Å². The number of hydrogen-bond donors (Lipinski definition) is 2. The van der Waals surface area contributed by atoms with E-state index in [0.717, 1.165) is 9.36 Å². The molecule has 62 heavy (non-hydrogen) atoms. The predicted molar refractivity (Wildman–Crippen MR) is 185 cm³/mol. The van der Waals surface area contributed by atoms with Gasteiger partial charge in [0.25, 0.3) is 17.6 Å². The molecule has 0 atom stereocenters. The molecule has 0 amide bonds. The van der Waals surface area contributed by atoms with Gasteiger partial charge in [0.2, 0.25) is 0 Å². The number of benzene rings is 2. The third-order valence-corrected chi connectivity index (χ3v) is 7.80. The second-order valence-electron chi connectivity index (χ2n) is 11.4. The number of carboxylic acids is 2. The number of aromatic nitrogens is 11. The zero-order chi connectivity index (χ0) is 40.5. The predicted octanol–water partition coefficient (Wildman–Crippen LogP) is -13.9. The summed E-state index contributed by atoms with van der Waals surface area (Å²) in [7, 11) is 0. The number of nitrogens with two attached hydrogens (primary N) is 2. The van der Waals surface area contributed by atoms with Crippen LogP contribution in [-0.4, -0.2) is 66.0 Å². The molecule has 29 heteroatoms. The quantitative estimate of drug-likeness (QED) is 0.0731. The first-order valence-electron chi connectivity index (χ1n) is 15.7. The summed E-state index contributed by atoms with van der Waals surface area (Å²) in [5.41, 5.74) is 13.1. The van der Waals surface area contributed by atoms with Crippen molar-refractivity contribution in [1.82, 2.24) is 54.1 Å². The topological polar surface area (TPSA) is 343 Å². The number of carbonyl (C=O) groups excluding carboxylic acids is 2. The van der Waals surface area contributed by atoms with Gasteiger partial charge in [-0.15, -0.1) is 43.7 Å². The molecule has 0 saturated heterocycles. The second-order valence-corrected chi connectivity index (χ2v) is 11.4. The van der Waals surface area contributed by atoms with E-state index in [1.165, 1.54) is 72.0 Å². The Bertz CT molecular complexity index is 2750. The van der Waals surface area contributed by atoms with Crippen molar-refractivity contribution in [2.75, 3.05) is 11.5 Å². The number of nitrogens with zero attached hydrogens (tertiary/aromatic N) is 17. The Labute approximate surface area is 562 Å². The van der Waals surface area contributed by atoms with Crippen LogP contribution in [0.4, 0.5) is 40.3 Å². The molecule has 280 valence electrons. The van der Waals surface area contributed by atoms with Crippen molar-refractivity contribution in [3.63, 3.8) is 0 Å². The minimum absolute atomic E-state index is 0. The number of anilines is 2. The van der Waals surface area contributed by atoms with Crippen molar-refractivity contribution < 1.29 is 282 Å². The molecule has 24 nitrogen and oxygen atoms in total. The van der Waals surface area contributed by atoms with E-state index in [9.17, 15) is 30.2 Å². The number of nitrogen functional groups attached to an aromatic ring is 2. The van der Waals surface area contributed by atoms with Crippen molar-refractivity contribution in [3.05, 3.63) is 100 Å². The number of aryl methyl sites for hydroxylation is 2. The number of nitriles is 1. The fourth-order valence-corrected chi connectivity index (χ4v) is 5.15. The van der Waals surface area contributed by atoms with Crippen LogP contribution in [0, 0.1) is 43.9 Å². The Morgan fingerprint density at radius 3 is 1.63 bits per heavy atom. The van der Waals surface area contributed by atoms with E-state index in [1.54, 1.807) is 0 Å². The average molecular weight is 956 g/mol. The van der Waals surface area contributed by atoms with E-state index in [1.807, 2.05) is 6.07 Å². The van der Waals surface area contributed by atoms with Crippen LogP contribution in [0.25, 0.3) is 28.1 Å². The van der Waals surface area contributed by atoms with Gasteiger partial charge < -0.3 is 36.4 Å². The van der Waals surface area contributed by atoms with Gasteiger partial charge in [-0.25, -0.2) is 14.8 Å². The standard InChI is InChI=1S/C33H21N19O5.5K/c1-15-23(43-45-27-19(12-34)13-38-49(27)20-8-4-6-17(10-20)29(53)54)25(35)51(47-15)31-40-32(42-33(57)41-31)52-26(36)24(16(2)48-52)44-46-28-22(37-3)14-39-50(28)21-9-5-7-18(11-21)30(55)56;;;;;/h6-11,13-14H,35-36H2,1-2H3,(H,53,54)(H,55,56)(H,40,41,42,57);;;;;/q-2;5*+1/p-3. The molecular weight excluding hydrogens is 938 g/mol. The summed E-state index contributed by atoms with van der Waals surface area (Å²) < 4.78 is 4.33. The molecule has 2 aromatic carbocycles. The van der Waals surface area contributed by atoms with Gasteiger partial charge in [-0.2, -0.15) is 76.4 Å². The molecule has 7 aromatic rings. The fraction of sp³-hybridized carbons (Fsp3) is 0.0606. The molecule has 4 N–H and O–H groups in total. The SMILES string of the molecule is [C-]#[N+]c1cnn(-c2c[c-]cc(C(=O)[O-])c2)c1N=Nc1c(C)nn(-c2nc([O-])nc(-n3nc(C)c(N=Nc4c(C#N)cnn4-c4c[c-]cc(C(=O)[O-])c4)c3N)n2)c1N.[K+].[K+].[K+].[K+].[K+]. The molecule has 0 aliphatic heterocycles. The number of hydrogen-bond acceptors (Lipinski definition) is 19. The maximum atomic E-state index is 12.8. The molecule has 0 radical (unpaired) electrons. The average Bonchev–Trinajstić information content (AvgIpc) is 3.95. The Morgan fingerprint density at radius 1 is 0.726 bits per heavy atom. The van der Waals surface area contributed by atoms with Crippen LogP contribution in [0.5, 0.6) is 6.01 Å². The van der Waals surface area contributed by atoms with Crippen LogP contribution in [0.15, 0.2) is 69.2 Å². The van der Waals surface area contributed by atoms with Crippen LogP contribution < -0.4 is 284 Å². The van der Waals surface area contributed by atoms with Crippen LogP contribution in [0.1, 0.15) is 37.7 Å². The summed E-state index contributed by atoms with van der Waals surface area (Å²) in [5, 5.41) is 78.7. The number of aromatic carboxylic acids is 2. The summed E-state index contributed by atoms with van der Waals surface area (Å²) >= 11 is 0. The first kappa shape index (κ1) is 57.1. The van der Waals surface area contributed by atoms with Gasteiger partial charge in [-0.05, 0) is 25.2 Å². The molecule has 0 bridgehead atoms. The van der Waals surface area contributed by atoms with Gasteiger partial charge in [0, 0.05) is 11.9 Å². The van der Waals surface area contributed by atoms with E-state index < -0.39 is 17.9 Å². The fourth-order valence-electron chi connectivity index (χ4n) is 5.15. The van der Waals surface area contributed by atoms with Crippen LogP contribution in [0.3, 0.4) is 0 Å². The van der Waals surface area contributed by atoms with E-state index in [-0.39, 0.29) is 349 Å². The van der Waals surface area contributed by atoms with Gasteiger partial charge in [0.1, 0.15) is 11.6 Å². The zero-order valence-electron chi connectivity index (χ0n) is 33.9. The maximum Gasteiger partial charge on any atom is 1.00 e. The number of carboxylic acid groups (broad SMARTS) is 2. The third-order valence-electron chi connectivity index (χ3n) is 7.80. The molecular formula is C33H18K5N19O5. The van der Waals surface area contributed by atoms with E-state index >= 15 is 0 Å². The van der Waals surface area contributed by atoms with Crippen molar-refractivity contribution in [3.8, 4) is 35.4 Å². The van der Waals surface area contributed by atoms with Gasteiger partial charge >= 0.3 is 257 Å². The normalized spacial score (nSPS) is 10.4. The molecule has 0 spiro atoms. The van der Waals surface area contributed by atoms with Crippen LogP contribution >= 0.6 is 0 Å². The Morgan fingerprint density at radius 2 is 1.18 bits per heavy atom. The zero-order valence-corrected chi connectivity index (χ0v) is 49.5. The van der Waals surface area contributed by atoms with Crippen molar-refractivity contribution >= 4 is 52.3 Å². The Hall–Kier alpha value is -1.01. The number of rotatable bonds is 10. The van der Waals surface area contributed by atoms with Crippen LogP contribution in [0.2, 0.25) is 0 Å². The van der Waals surface area contributed by atoms with Gasteiger partial charge in [-0.3, -0.25) is 9.36 Å². The van der Waals surface area contributed by atoms with Gasteiger partial charge in [0.15, 0.2) is 34.6 Å². The summed E-state index contributed by atoms with van der Waals surface area (Å²) in [5.74, 6) is -4.12. The van der Waals surface area contributed by atoms with E-state index in [2.05, 4.69) is 72.8 Å². The second kappa shape index (κ2) is 25.2. The minimum atomic E-state index is -1.45. The van der Waals surface area contributed by atoms with E-state index in [0.29, 0.717) is 0 Å².